The van der Waals surface area contributed by atoms with E-state index >= 15 is 0 Å². The Hall–Kier alpha value is -2.35. The van der Waals surface area contributed by atoms with Gasteiger partial charge >= 0.3 is 0 Å². The van der Waals surface area contributed by atoms with Gasteiger partial charge in [0.1, 0.15) is 5.82 Å². The Labute approximate surface area is 133 Å². The van der Waals surface area contributed by atoms with Crippen LogP contribution in [-0.4, -0.2) is 37.6 Å². The van der Waals surface area contributed by atoms with E-state index in [4.69, 9.17) is 5.73 Å². The highest BCUT2D eigenvalue weighted by Crippen LogP contribution is 2.23. The number of nitrogens with one attached hydrogen (secondary N) is 3. The zero-order chi connectivity index (χ0) is 15.9. The normalized spacial score (nSPS) is 15.2. The van der Waals surface area contributed by atoms with Crippen LogP contribution in [0.3, 0.4) is 0 Å². The van der Waals surface area contributed by atoms with E-state index < -0.39 is 0 Å². The third kappa shape index (κ3) is 4.32. The van der Waals surface area contributed by atoms with Gasteiger partial charge in [0.2, 0.25) is 5.91 Å². The van der Waals surface area contributed by atoms with E-state index in [9.17, 15) is 9.18 Å². The minimum Gasteiger partial charge on any atom is -0.399 e. The molecule has 6 nitrogen and oxygen atoms in total. The van der Waals surface area contributed by atoms with E-state index in [2.05, 4.69) is 28.2 Å². The number of rotatable bonds is 6. The minimum absolute atomic E-state index is 0.102. The van der Waals surface area contributed by atoms with Crippen LogP contribution in [0.1, 0.15) is 0 Å². The number of halogens is 1. The predicted octanol–water partition coefficient (Wildman–Crippen LogP) is 0.521. The number of amides is 1. The molecule has 5 N–H and O–H groups in total. The Kier molecular flexibility index (Phi) is 5.54. The monoisotopic (exact) mass is 323 g/mol. The molecule has 1 aromatic rings. The van der Waals surface area contributed by atoms with E-state index in [1.165, 1.54) is 11.6 Å². The van der Waals surface area contributed by atoms with Crippen molar-refractivity contribution in [3.8, 4) is 0 Å². The predicted molar refractivity (Wildman–Crippen MR) is 89.2 cm³/mol. The van der Waals surface area contributed by atoms with E-state index in [0.29, 0.717) is 36.7 Å². The van der Waals surface area contributed by atoms with Crippen LogP contribution < -0.4 is 26.6 Å². The summed E-state index contributed by atoms with van der Waals surface area (Å²) in [6.45, 7) is 1.69. The average Bonchev–Trinajstić information content (AvgIpc) is 2.51. The van der Waals surface area contributed by atoms with Crippen LogP contribution in [0.15, 0.2) is 30.1 Å². The number of hydrogen-bond donors (Lipinski definition) is 4. The second-order valence-electron chi connectivity index (χ2n) is 4.80. The maximum absolute atomic E-state index is 14.2. The number of anilines is 2. The van der Waals surface area contributed by atoms with Gasteiger partial charge in [-0.25, -0.2) is 4.39 Å². The molecule has 0 aliphatic carbocycles. The van der Waals surface area contributed by atoms with Crippen molar-refractivity contribution in [2.45, 2.75) is 0 Å². The van der Waals surface area contributed by atoms with Crippen LogP contribution >= 0.6 is 12.2 Å². The number of nitrogens with two attached hydrogens (primary N) is 1. The first-order valence-electron chi connectivity index (χ1n) is 6.79. The maximum atomic E-state index is 14.2. The van der Waals surface area contributed by atoms with Gasteiger partial charge in [-0.3, -0.25) is 4.79 Å². The molecule has 0 aromatic heterocycles. The number of hydrogen-bond acceptors (Lipinski definition) is 5. The zero-order valence-corrected chi connectivity index (χ0v) is 12.8. The highest BCUT2D eigenvalue weighted by atomic mass is 32.1. The molecular weight excluding hydrogens is 305 g/mol. The largest absolute Gasteiger partial charge is 0.399 e. The summed E-state index contributed by atoms with van der Waals surface area (Å²) in [5.74, 6) is -0.488. The topological polar surface area (TPSA) is 82.4 Å². The van der Waals surface area contributed by atoms with Gasteiger partial charge in [0.05, 0.1) is 24.3 Å². The molecule has 118 valence electrons. The average molecular weight is 323 g/mol. The van der Waals surface area contributed by atoms with Crippen molar-refractivity contribution in [3.63, 3.8) is 0 Å². The summed E-state index contributed by atoms with van der Waals surface area (Å²) in [7, 11) is 0. The summed E-state index contributed by atoms with van der Waals surface area (Å²) in [6, 6.07) is 4.76. The fourth-order valence-corrected chi connectivity index (χ4v) is 2.17. The molecule has 22 heavy (non-hydrogen) atoms. The van der Waals surface area contributed by atoms with Gasteiger partial charge < -0.3 is 26.6 Å². The van der Waals surface area contributed by atoms with Crippen LogP contribution in [0.25, 0.3) is 0 Å². The van der Waals surface area contributed by atoms with Crippen molar-refractivity contribution in [3.05, 3.63) is 35.9 Å². The van der Waals surface area contributed by atoms with E-state index in [0.717, 1.165) is 0 Å². The summed E-state index contributed by atoms with van der Waals surface area (Å²) in [5.41, 5.74) is 8.64. The lowest BCUT2D eigenvalue weighted by molar-refractivity contribution is -0.120. The van der Waals surface area contributed by atoms with Gasteiger partial charge in [-0.05, 0) is 18.2 Å². The van der Waals surface area contributed by atoms with Crippen LogP contribution in [-0.2, 0) is 4.79 Å². The standard InChI is InChI=1S/C14H18FN5OS/c15-12-5-11(19-7-10(16)6-17-9-22)1-2-13(12)20-4-3-18-14(21)8-20/h1-2,5,7,9,19H,3-4,6,8,16H2,(H,17,22)(H,18,21)/b10-7-. The molecule has 0 unspecified atom stereocenters. The molecule has 1 aliphatic rings. The van der Waals surface area contributed by atoms with Crippen LogP contribution in [0.2, 0.25) is 0 Å². The fourth-order valence-electron chi connectivity index (χ4n) is 2.08. The number of carbonyl (C=O) groups excluding carboxylic acids is 1. The quantitative estimate of drug-likeness (QED) is 0.572. The van der Waals surface area contributed by atoms with Crippen molar-refractivity contribution >= 4 is 35.0 Å². The van der Waals surface area contributed by atoms with Crippen molar-refractivity contribution in [1.82, 2.24) is 10.6 Å². The maximum Gasteiger partial charge on any atom is 0.239 e. The molecule has 1 heterocycles. The van der Waals surface area contributed by atoms with Gasteiger partial charge in [-0.2, -0.15) is 0 Å². The van der Waals surface area contributed by atoms with E-state index in [1.54, 1.807) is 23.2 Å². The number of piperazine rings is 1. The lowest BCUT2D eigenvalue weighted by Gasteiger charge is -2.29. The Morgan fingerprint density at radius 3 is 3.05 bits per heavy atom. The molecule has 1 aromatic carbocycles. The van der Waals surface area contributed by atoms with Crippen molar-refractivity contribution in [2.24, 2.45) is 5.73 Å². The van der Waals surface area contributed by atoms with Crippen molar-refractivity contribution in [2.75, 3.05) is 36.4 Å². The molecule has 0 bridgehead atoms. The molecule has 1 fully saturated rings. The molecule has 1 amide bonds. The first kappa shape index (κ1) is 16.0. The van der Waals surface area contributed by atoms with Crippen LogP contribution in [0.4, 0.5) is 15.8 Å². The number of carbonyl (C=O) groups is 1. The van der Waals surface area contributed by atoms with Crippen LogP contribution in [0, 0.1) is 5.82 Å². The Morgan fingerprint density at radius 2 is 2.36 bits per heavy atom. The highest BCUT2D eigenvalue weighted by Gasteiger charge is 2.19. The van der Waals surface area contributed by atoms with Gasteiger partial charge in [0.15, 0.2) is 0 Å². The smallest absolute Gasteiger partial charge is 0.239 e. The van der Waals surface area contributed by atoms with Gasteiger partial charge in [0.25, 0.3) is 0 Å². The number of thiocarbonyl (C=S) groups is 1. The molecule has 0 atom stereocenters. The molecule has 0 radical (unpaired) electrons. The lowest BCUT2D eigenvalue weighted by Crippen LogP contribution is -2.48. The summed E-state index contributed by atoms with van der Waals surface area (Å²) < 4.78 is 14.2. The summed E-state index contributed by atoms with van der Waals surface area (Å²) in [6.07, 6.45) is 1.58. The fraction of sp³-hybridized carbons (Fsp3) is 0.286. The van der Waals surface area contributed by atoms with Crippen molar-refractivity contribution < 1.29 is 9.18 Å². The Bertz CT molecular complexity index is 593. The lowest BCUT2D eigenvalue weighted by atomic mass is 10.2. The third-order valence-electron chi connectivity index (χ3n) is 3.14. The van der Waals surface area contributed by atoms with Gasteiger partial charge in [0, 0.05) is 30.7 Å². The zero-order valence-electron chi connectivity index (χ0n) is 11.9. The second kappa shape index (κ2) is 7.60. The van der Waals surface area contributed by atoms with E-state index in [1.807, 2.05) is 0 Å². The molecule has 2 rings (SSSR count). The molecule has 1 saturated heterocycles. The molecule has 1 aliphatic heterocycles. The summed E-state index contributed by atoms with van der Waals surface area (Å²) >= 11 is 4.63. The minimum atomic E-state index is -0.385. The van der Waals surface area contributed by atoms with E-state index in [-0.39, 0.29) is 18.3 Å². The summed E-state index contributed by atoms with van der Waals surface area (Å²) in [4.78, 5) is 13.1. The Balaban J connectivity index is 2.03. The first-order valence-corrected chi connectivity index (χ1v) is 7.26. The Morgan fingerprint density at radius 1 is 1.55 bits per heavy atom. The van der Waals surface area contributed by atoms with Gasteiger partial charge in [-0.15, -0.1) is 0 Å². The first-order chi connectivity index (χ1) is 10.6. The number of benzene rings is 1. The third-order valence-corrected chi connectivity index (χ3v) is 3.31. The molecule has 8 heteroatoms. The number of nitrogens with zero attached hydrogens (tertiary/aromatic N) is 1. The molecule has 0 saturated carbocycles. The van der Waals surface area contributed by atoms with Crippen LogP contribution in [0.5, 0.6) is 0 Å². The SMILES string of the molecule is N/C(=C\Nc1ccc(N2CCNC(=O)C2)c(F)c1)CNC=S. The van der Waals surface area contributed by atoms with Gasteiger partial charge in [-0.1, -0.05) is 12.2 Å². The molecule has 0 spiro atoms. The summed E-state index contributed by atoms with van der Waals surface area (Å²) in [5, 5.41) is 8.42. The second-order valence-corrected chi connectivity index (χ2v) is 5.04. The highest BCUT2D eigenvalue weighted by molar-refractivity contribution is 7.78. The van der Waals surface area contributed by atoms with Crippen molar-refractivity contribution in [1.29, 1.82) is 0 Å². The molecular formula is C14H18FN5OS.